The number of halogens is 1. The van der Waals surface area contributed by atoms with Crippen LogP contribution >= 0.6 is 15.9 Å². The normalized spacial score (nSPS) is 12.3. The smallest absolute Gasteiger partial charge is 0.123 e. The molecule has 0 bridgehead atoms. The molecule has 2 rings (SSSR count). The molecule has 0 amide bonds. The zero-order valence-corrected chi connectivity index (χ0v) is 11.7. The van der Waals surface area contributed by atoms with Gasteiger partial charge in [0.05, 0.1) is 0 Å². The highest BCUT2D eigenvalue weighted by molar-refractivity contribution is 9.10. The van der Waals surface area contributed by atoms with E-state index in [-0.39, 0.29) is 6.04 Å². The number of hydrogen-bond donors (Lipinski definition) is 2. The van der Waals surface area contributed by atoms with Crippen LogP contribution in [0.25, 0.3) is 0 Å². The van der Waals surface area contributed by atoms with E-state index in [1.54, 1.807) is 12.4 Å². The number of nitrogens with two attached hydrogens (primary N) is 1. The van der Waals surface area contributed by atoms with Gasteiger partial charge in [-0.1, -0.05) is 0 Å². The SMILES string of the molecule is CNC(Cc1ccnc(N)c1)c1cncc(Br)c1. The molecule has 0 spiro atoms. The second kappa shape index (κ2) is 5.93. The van der Waals surface area contributed by atoms with Crippen LogP contribution in [0.15, 0.2) is 41.3 Å². The summed E-state index contributed by atoms with van der Waals surface area (Å²) in [6, 6.07) is 6.15. The molecule has 0 saturated carbocycles. The fourth-order valence-electron chi connectivity index (χ4n) is 1.86. The quantitative estimate of drug-likeness (QED) is 0.910. The number of likely N-dealkylation sites (N-methyl/N-ethyl adjacent to an activating group) is 1. The second-order valence-electron chi connectivity index (χ2n) is 4.07. The predicted octanol–water partition coefficient (Wildman–Crippen LogP) is 2.32. The molecule has 2 aromatic heterocycles. The van der Waals surface area contributed by atoms with E-state index < -0.39 is 0 Å². The number of nitrogens with zero attached hydrogens (tertiary/aromatic N) is 2. The van der Waals surface area contributed by atoms with Crippen LogP contribution < -0.4 is 11.1 Å². The fraction of sp³-hybridized carbons (Fsp3) is 0.231. The van der Waals surface area contributed by atoms with Crippen LogP contribution in [-0.4, -0.2) is 17.0 Å². The van der Waals surface area contributed by atoms with Gasteiger partial charge in [0, 0.05) is 29.1 Å². The molecule has 1 unspecified atom stereocenters. The van der Waals surface area contributed by atoms with E-state index >= 15 is 0 Å². The van der Waals surface area contributed by atoms with Gasteiger partial charge in [0.1, 0.15) is 5.82 Å². The number of rotatable bonds is 4. The van der Waals surface area contributed by atoms with Crippen molar-refractivity contribution in [3.63, 3.8) is 0 Å². The van der Waals surface area contributed by atoms with Crippen LogP contribution in [-0.2, 0) is 6.42 Å². The first-order chi connectivity index (χ1) is 8.69. The molecule has 3 N–H and O–H groups in total. The number of nitrogen functional groups attached to an aromatic ring is 1. The first-order valence-corrected chi connectivity index (χ1v) is 6.46. The first kappa shape index (κ1) is 13.0. The van der Waals surface area contributed by atoms with Gasteiger partial charge >= 0.3 is 0 Å². The minimum atomic E-state index is 0.205. The van der Waals surface area contributed by atoms with E-state index in [0.29, 0.717) is 5.82 Å². The largest absolute Gasteiger partial charge is 0.384 e. The van der Waals surface area contributed by atoms with Gasteiger partial charge in [0.15, 0.2) is 0 Å². The van der Waals surface area contributed by atoms with Gasteiger partial charge in [-0.25, -0.2) is 4.98 Å². The highest BCUT2D eigenvalue weighted by atomic mass is 79.9. The highest BCUT2D eigenvalue weighted by Crippen LogP contribution is 2.20. The van der Waals surface area contributed by atoms with Crippen LogP contribution in [0.5, 0.6) is 0 Å². The fourth-order valence-corrected chi connectivity index (χ4v) is 2.25. The molecule has 1 atom stereocenters. The van der Waals surface area contributed by atoms with Gasteiger partial charge in [0.25, 0.3) is 0 Å². The Bertz CT molecular complexity index is 530. The Kier molecular flexibility index (Phi) is 4.28. The summed E-state index contributed by atoms with van der Waals surface area (Å²) >= 11 is 3.44. The summed E-state index contributed by atoms with van der Waals surface area (Å²) in [5.41, 5.74) is 7.98. The van der Waals surface area contributed by atoms with Crippen LogP contribution in [0, 0.1) is 0 Å². The van der Waals surface area contributed by atoms with Gasteiger partial charge in [-0.05, 0) is 58.7 Å². The van der Waals surface area contributed by atoms with Crippen LogP contribution in [0.1, 0.15) is 17.2 Å². The van der Waals surface area contributed by atoms with E-state index in [1.807, 2.05) is 25.4 Å². The highest BCUT2D eigenvalue weighted by Gasteiger charge is 2.11. The van der Waals surface area contributed by atoms with Gasteiger partial charge in [-0.2, -0.15) is 0 Å². The lowest BCUT2D eigenvalue weighted by Gasteiger charge is -2.16. The molecular formula is C13H15BrN4. The molecule has 0 aliphatic heterocycles. The van der Waals surface area contributed by atoms with Crippen molar-refractivity contribution < 1.29 is 0 Å². The molecule has 5 heteroatoms. The molecule has 0 saturated heterocycles. The Hall–Kier alpha value is -1.46. The lowest BCUT2D eigenvalue weighted by molar-refractivity contribution is 0.589. The molecule has 94 valence electrons. The molecule has 4 nitrogen and oxygen atoms in total. The molecular weight excluding hydrogens is 292 g/mol. The van der Waals surface area contributed by atoms with E-state index in [9.17, 15) is 0 Å². The first-order valence-electron chi connectivity index (χ1n) is 5.67. The zero-order chi connectivity index (χ0) is 13.0. The second-order valence-corrected chi connectivity index (χ2v) is 4.99. The number of pyridine rings is 2. The number of nitrogens with one attached hydrogen (secondary N) is 1. The van der Waals surface area contributed by atoms with Crippen LogP contribution in [0.4, 0.5) is 5.82 Å². The lowest BCUT2D eigenvalue weighted by atomic mass is 10.0. The summed E-state index contributed by atoms with van der Waals surface area (Å²) in [4.78, 5) is 8.19. The lowest BCUT2D eigenvalue weighted by Crippen LogP contribution is -2.19. The minimum Gasteiger partial charge on any atom is -0.384 e. The van der Waals surface area contributed by atoms with Crippen LogP contribution in [0.2, 0.25) is 0 Å². The Labute approximate surface area is 115 Å². The van der Waals surface area contributed by atoms with Crippen molar-refractivity contribution in [3.8, 4) is 0 Å². The maximum Gasteiger partial charge on any atom is 0.123 e. The predicted molar refractivity (Wildman–Crippen MR) is 76.1 cm³/mol. The Morgan fingerprint density at radius 3 is 2.89 bits per heavy atom. The summed E-state index contributed by atoms with van der Waals surface area (Å²) < 4.78 is 0.981. The van der Waals surface area contributed by atoms with Gasteiger partial charge in [-0.15, -0.1) is 0 Å². The van der Waals surface area contributed by atoms with E-state index in [2.05, 4.69) is 37.3 Å². The molecule has 2 heterocycles. The molecule has 0 aliphatic carbocycles. The minimum absolute atomic E-state index is 0.205. The van der Waals surface area contributed by atoms with E-state index in [0.717, 1.165) is 22.0 Å². The monoisotopic (exact) mass is 306 g/mol. The number of aromatic nitrogens is 2. The Morgan fingerprint density at radius 1 is 1.39 bits per heavy atom. The maximum atomic E-state index is 5.69. The summed E-state index contributed by atoms with van der Waals surface area (Å²) in [7, 11) is 1.94. The summed E-state index contributed by atoms with van der Waals surface area (Å²) in [6.45, 7) is 0. The van der Waals surface area contributed by atoms with Gasteiger partial charge in [0.2, 0.25) is 0 Å². The van der Waals surface area contributed by atoms with Crippen LogP contribution in [0.3, 0.4) is 0 Å². The Balaban J connectivity index is 2.19. The Morgan fingerprint density at radius 2 is 2.22 bits per heavy atom. The van der Waals surface area contributed by atoms with Crippen molar-refractivity contribution in [3.05, 3.63) is 52.4 Å². The number of anilines is 1. The molecule has 0 aliphatic rings. The molecule has 0 radical (unpaired) electrons. The molecule has 0 aromatic carbocycles. The molecule has 18 heavy (non-hydrogen) atoms. The van der Waals surface area contributed by atoms with Crippen molar-refractivity contribution in [2.24, 2.45) is 0 Å². The topological polar surface area (TPSA) is 63.8 Å². The summed E-state index contributed by atoms with van der Waals surface area (Å²) in [6.07, 6.45) is 6.23. The van der Waals surface area contributed by atoms with Crippen molar-refractivity contribution in [1.82, 2.24) is 15.3 Å². The van der Waals surface area contributed by atoms with E-state index in [4.69, 9.17) is 5.73 Å². The van der Waals surface area contributed by atoms with Crippen molar-refractivity contribution in [2.75, 3.05) is 12.8 Å². The number of hydrogen-bond acceptors (Lipinski definition) is 4. The van der Waals surface area contributed by atoms with Gasteiger partial charge in [-0.3, -0.25) is 4.98 Å². The van der Waals surface area contributed by atoms with E-state index in [1.165, 1.54) is 0 Å². The van der Waals surface area contributed by atoms with Crippen molar-refractivity contribution >= 4 is 21.7 Å². The summed E-state index contributed by atoms with van der Waals surface area (Å²) in [5, 5.41) is 3.29. The summed E-state index contributed by atoms with van der Waals surface area (Å²) in [5.74, 6) is 0.551. The van der Waals surface area contributed by atoms with Crippen molar-refractivity contribution in [2.45, 2.75) is 12.5 Å². The maximum absolute atomic E-state index is 5.69. The third kappa shape index (κ3) is 3.27. The van der Waals surface area contributed by atoms with Crippen molar-refractivity contribution in [1.29, 1.82) is 0 Å². The average Bonchev–Trinajstić information content (AvgIpc) is 2.36. The van der Waals surface area contributed by atoms with Gasteiger partial charge < -0.3 is 11.1 Å². The standard InChI is InChI=1S/C13H15BrN4/c1-16-12(10-6-11(14)8-17-7-10)4-9-2-3-18-13(15)5-9/h2-3,5-8,12,16H,4H2,1H3,(H2,15,18). The molecule has 0 fully saturated rings. The third-order valence-electron chi connectivity index (χ3n) is 2.76. The molecule has 2 aromatic rings. The zero-order valence-electron chi connectivity index (χ0n) is 10.1. The third-order valence-corrected chi connectivity index (χ3v) is 3.20. The average molecular weight is 307 g/mol.